The summed E-state index contributed by atoms with van der Waals surface area (Å²) >= 11 is 0. The average molecular weight is 236 g/mol. The van der Waals surface area contributed by atoms with Gasteiger partial charge in [0.2, 0.25) is 5.88 Å². The van der Waals surface area contributed by atoms with E-state index < -0.39 is 6.10 Å². The van der Waals surface area contributed by atoms with Crippen LogP contribution in [0.25, 0.3) is 0 Å². The minimum absolute atomic E-state index is 0.0957. The van der Waals surface area contributed by atoms with Gasteiger partial charge in [0.1, 0.15) is 11.8 Å². The normalized spacial score (nSPS) is 20.9. The van der Waals surface area contributed by atoms with Crippen LogP contribution in [-0.2, 0) is 0 Å². The Morgan fingerprint density at radius 1 is 1.24 bits per heavy atom. The number of nitrogens with zero attached hydrogens (tertiary/aromatic N) is 2. The molecule has 0 aromatic carbocycles. The fraction of sp³-hybridized carbons (Fsp3) is 0.692. The first kappa shape index (κ1) is 12.3. The molecule has 0 amide bonds. The third kappa shape index (κ3) is 2.41. The van der Waals surface area contributed by atoms with Gasteiger partial charge in [0.15, 0.2) is 0 Å². The Kier molecular flexibility index (Phi) is 3.62. The van der Waals surface area contributed by atoms with Crippen molar-refractivity contribution in [1.82, 2.24) is 9.97 Å². The lowest BCUT2D eigenvalue weighted by molar-refractivity contribution is 0.00321. The highest BCUT2D eigenvalue weighted by molar-refractivity contribution is 5.21. The maximum Gasteiger partial charge on any atom is 0.238 e. The van der Waals surface area contributed by atoms with Gasteiger partial charge in [-0.2, -0.15) is 0 Å². The summed E-state index contributed by atoms with van der Waals surface area (Å²) in [4.78, 5) is 8.33. The van der Waals surface area contributed by atoms with E-state index in [9.17, 15) is 5.11 Å². The van der Waals surface area contributed by atoms with Gasteiger partial charge in [-0.05, 0) is 18.3 Å². The quantitative estimate of drug-likeness (QED) is 0.876. The second-order valence-electron chi connectivity index (χ2n) is 5.07. The summed E-state index contributed by atoms with van der Waals surface area (Å²) in [5, 5.41) is 10.5. The fourth-order valence-electron chi connectivity index (χ4n) is 2.64. The van der Waals surface area contributed by atoms with Crippen LogP contribution in [0.15, 0.2) is 12.4 Å². The molecule has 0 spiro atoms. The summed E-state index contributed by atoms with van der Waals surface area (Å²) in [7, 11) is 1.56. The number of hydrogen-bond donors (Lipinski definition) is 1. The summed E-state index contributed by atoms with van der Waals surface area (Å²) in [5.41, 5.74) is 0.473. The Labute approximate surface area is 102 Å². The second-order valence-corrected chi connectivity index (χ2v) is 5.07. The smallest absolute Gasteiger partial charge is 0.238 e. The first-order chi connectivity index (χ1) is 8.17. The molecule has 1 aromatic rings. The lowest BCUT2D eigenvalue weighted by atomic mass is 9.71. The van der Waals surface area contributed by atoms with E-state index in [-0.39, 0.29) is 5.41 Å². The van der Waals surface area contributed by atoms with Crippen LogP contribution in [0.5, 0.6) is 5.88 Å². The van der Waals surface area contributed by atoms with Gasteiger partial charge in [-0.1, -0.05) is 26.2 Å². The van der Waals surface area contributed by atoms with Crippen LogP contribution in [0.2, 0.25) is 0 Å². The van der Waals surface area contributed by atoms with Crippen molar-refractivity contribution in [3.05, 3.63) is 18.1 Å². The molecule has 1 aliphatic carbocycles. The van der Waals surface area contributed by atoms with Crippen molar-refractivity contribution >= 4 is 0 Å². The molecule has 1 aliphatic rings. The zero-order valence-corrected chi connectivity index (χ0v) is 10.5. The van der Waals surface area contributed by atoms with Crippen molar-refractivity contribution in [2.45, 2.75) is 45.1 Å². The molecular weight excluding hydrogens is 216 g/mol. The highest BCUT2D eigenvalue weighted by Crippen LogP contribution is 2.46. The van der Waals surface area contributed by atoms with Gasteiger partial charge in [0.05, 0.1) is 7.11 Å². The number of aliphatic hydroxyl groups excluding tert-OH is 1. The zero-order chi connectivity index (χ0) is 12.3. The molecular formula is C13H20N2O2. The molecule has 1 saturated carbocycles. The molecule has 1 unspecified atom stereocenters. The lowest BCUT2D eigenvalue weighted by Gasteiger charge is -2.37. The lowest BCUT2D eigenvalue weighted by Crippen LogP contribution is -2.29. The number of ether oxygens (including phenoxy) is 1. The Morgan fingerprint density at radius 3 is 2.53 bits per heavy atom. The summed E-state index contributed by atoms with van der Waals surface area (Å²) < 4.78 is 5.17. The van der Waals surface area contributed by atoms with E-state index in [1.54, 1.807) is 19.5 Å². The monoisotopic (exact) mass is 236 g/mol. The van der Waals surface area contributed by atoms with Gasteiger partial charge in [-0.15, -0.1) is 0 Å². The van der Waals surface area contributed by atoms with Gasteiger partial charge >= 0.3 is 0 Å². The van der Waals surface area contributed by atoms with E-state index in [0.717, 1.165) is 12.8 Å². The van der Waals surface area contributed by atoms with Crippen LogP contribution in [0.4, 0.5) is 0 Å². The summed E-state index contributed by atoms with van der Waals surface area (Å²) in [5.74, 6) is 0.437. The fourth-order valence-corrected chi connectivity index (χ4v) is 2.64. The van der Waals surface area contributed by atoms with Crippen LogP contribution < -0.4 is 4.74 Å². The van der Waals surface area contributed by atoms with Crippen LogP contribution in [0, 0.1) is 5.41 Å². The van der Waals surface area contributed by atoms with Crippen molar-refractivity contribution in [3.8, 4) is 5.88 Å². The van der Waals surface area contributed by atoms with Gasteiger partial charge in [0, 0.05) is 12.4 Å². The number of methoxy groups -OCH3 is 1. The van der Waals surface area contributed by atoms with Crippen molar-refractivity contribution in [2.24, 2.45) is 5.41 Å². The molecule has 94 valence electrons. The number of hydrogen-bond acceptors (Lipinski definition) is 4. The third-order valence-corrected chi connectivity index (χ3v) is 3.80. The van der Waals surface area contributed by atoms with E-state index in [4.69, 9.17) is 4.74 Å². The Bertz CT molecular complexity index is 375. The topological polar surface area (TPSA) is 55.2 Å². The largest absolute Gasteiger partial charge is 0.480 e. The summed E-state index contributed by atoms with van der Waals surface area (Å²) in [6.07, 6.45) is 8.28. The highest BCUT2D eigenvalue weighted by Gasteiger charge is 2.37. The Balaban J connectivity index is 2.26. The van der Waals surface area contributed by atoms with Gasteiger partial charge < -0.3 is 9.84 Å². The molecule has 1 heterocycles. The van der Waals surface area contributed by atoms with Gasteiger partial charge in [-0.25, -0.2) is 4.98 Å². The van der Waals surface area contributed by atoms with Crippen molar-refractivity contribution in [2.75, 3.05) is 7.11 Å². The minimum atomic E-state index is -0.591. The van der Waals surface area contributed by atoms with Crippen LogP contribution in [0.1, 0.15) is 50.8 Å². The first-order valence-electron chi connectivity index (χ1n) is 6.20. The maximum absolute atomic E-state index is 10.5. The predicted molar refractivity (Wildman–Crippen MR) is 64.7 cm³/mol. The van der Waals surface area contributed by atoms with E-state index in [0.29, 0.717) is 11.6 Å². The summed E-state index contributed by atoms with van der Waals surface area (Å²) in [6.45, 7) is 2.13. The highest BCUT2D eigenvalue weighted by atomic mass is 16.5. The third-order valence-electron chi connectivity index (χ3n) is 3.80. The van der Waals surface area contributed by atoms with Gasteiger partial charge in [-0.3, -0.25) is 4.98 Å². The zero-order valence-electron chi connectivity index (χ0n) is 10.5. The molecule has 1 fully saturated rings. The molecule has 0 bridgehead atoms. The molecule has 4 nitrogen and oxygen atoms in total. The SMILES string of the molecule is COc1nccnc1C(O)C1(C)CCCCC1. The molecule has 0 aliphatic heterocycles. The van der Waals surface area contributed by atoms with Crippen molar-refractivity contribution < 1.29 is 9.84 Å². The molecule has 4 heteroatoms. The summed E-state index contributed by atoms with van der Waals surface area (Å²) in [6, 6.07) is 0. The van der Waals surface area contributed by atoms with Crippen LogP contribution >= 0.6 is 0 Å². The van der Waals surface area contributed by atoms with Crippen molar-refractivity contribution in [1.29, 1.82) is 0 Å². The van der Waals surface area contributed by atoms with E-state index in [1.165, 1.54) is 19.3 Å². The second kappa shape index (κ2) is 5.00. The minimum Gasteiger partial charge on any atom is -0.480 e. The average Bonchev–Trinajstić information content (AvgIpc) is 2.38. The first-order valence-corrected chi connectivity index (χ1v) is 6.20. The molecule has 2 rings (SSSR count). The number of aromatic nitrogens is 2. The standard InChI is InChI=1S/C13H20N2O2/c1-13(6-4-3-5-7-13)11(16)10-12(17-2)15-9-8-14-10/h8-9,11,16H,3-7H2,1-2H3. The predicted octanol–water partition coefficient (Wildman–Crippen LogP) is 2.49. The van der Waals surface area contributed by atoms with Crippen LogP contribution in [-0.4, -0.2) is 22.2 Å². The molecule has 1 atom stereocenters. The number of aliphatic hydroxyl groups is 1. The van der Waals surface area contributed by atoms with Crippen LogP contribution in [0.3, 0.4) is 0 Å². The molecule has 0 radical (unpaired) electrons. The van der Waals surface area contributed by atoms with Gasteiger partial charge in [0.25, 0.3) is 0 Å². The number of rotatable bonds is 3. The van der Waals surface area contributed by atoms with E-state index in [1.807, 2.05) is 0 Å². The van der Waals surface area contributed by atoms with E-state index in [2.05, 4.69) is 16.9 Å². The van der Waals surface area contributed by atoms with Crippen molar-refractivity contribution in [3.63, 3.8) is 0 Å². The van der Waals surface area contributed by atoms with E-state index >= 15 is 0 Å². The molecule has 1 aromatic heterocycles. The Morgan fingerprint density at radius 2 is 1.88 bits per heavy atom. The molecule has 0 saturated heterocycles. The molecule has 17 heavy (non-hydrogen) atoms. The maximum atomic E-state index is 10.5. The molecule has 1 N–H and O–H groups in total. The Hall–Kier alpha value is -1.16.